The number of hydrogen-bond donors (Lipinski definition) is 0. The molecule has 0 fully saturated rings. The number of benzene rings is 1. The molecule has 0 unspecified atom stereocenters. The highest BCUT2D eigenvalue weighted by Crippen LogP contribution is 2.29. The van der Waals surface area contributed by atoms with E-state index in [1.54, 1.807) is 19.1 Å². The van der Waals surface area contributed by atoms with Gasteiger partial charge in [0.1, 0.15) is 4.88 Å². The first-order valence-corrected chi connectivity index (χ1v) is 9.29. The topological polar surface area (TPSA) is 43.4 Å². The van der Waals surface area contributed by atoms with Crippen molar-refractivity contribution >= 4 is 23.1 Å². The number of aryl methyl sites for hydroxylation is 3. The number of esters is 1. The minimum Gasteiger partial charge on any atom is -0.450 e. The number of fused-ring (bicyclic) bond motifs is 1. The number of ether oxygens (including phenoxy) is 1. The summed E-state index contributed by atoms with van der Waals surface area (Å²) in [4.78, 5) is 26.7. The second-order valence-electron chi connectivity index (χ2n) is 6.40. The van der Waals surface area contributed by atoms with Crippen molar-refractivity contribution < 1.29 is 14.3 Å². The minimum atomic E-state index is -0.776. The van der Waals surface area contributed by atoms with E-state index in [4.69, 9.17) is 4.74 Å². The van der Waals surface area contributed by atoms with Crippen molar-refractivity contribution in [3.63, 3.8) is 0 Å². The number of thiophene rings is 1. The molecular formula is C20H22O3S. The maximum Gasteiger partial charge on any atom is 0.349 e. The van der Waals surface area contributed by atoms with Gasteiger partial charge < -0.3 is 4.74 Å². The van der Waals surface area contributed by atoms with E-state index in [1.165, 1.54) is 41.0 Å². The van der Waals surface area contributed by atoms with Crippen molar-refractivity contribution in [1.29, 1.82) is 0 Å². The summed E-state index contributed by atoms with van der Waals surface area (Å²) in [6.45, 7) is 3.61. The summed E-state index contributed by atoms with van der Waals surface area (Å²) >= 11 is 1.52. The maximum absolute atomic E-state index is 12.4. The van der Waals surface area contributed by atoms with Gasteiger partial charge in [-0.3, -0.25) is 4.79 Å². The average Bonchev–Trinajstić information content (AvgIpc) is 2.86. The molecule has 0 saturated carbocycles. The largest absolute Gasteiger partial charge is 0.450 e. The van der Waals surface area contributed by atoms with Crippen molar-refractivity contribution in [3.05, 3.63) is 56.8 Å². The van der Waals surface area contributed by atoms with Crippen LogP contribution in [0.15, 0.2) is 30.3 Å². The molecule has 1 atom stereocenters. The van der Waals surface area contributed by atoms with Crippen LogP contribution in [0.25, 0.3) is 0 Å². The number of rotatable bonds is 4. The zero-order valence-corrected chi connectivity index (χ0v) is 14.9. The molecule has 24 heavy (non-hydrogen) atoms. The maximum atomic E-state index is 12.4. The molecule has 1 aromatic heterocycles. The highest BCUT2D eigenvalue weighted by atomic mass is 32.1. The highest BCUT2D eigenvalue weighted by Gasteiger charge is 2.23. The number of ketones is 1. The fraction of sp³-hybridized carbons (Fsp3) is 0.400. The van der Waals surface area contributed by atoms with E-state index in [-0.39, 0.29) is 11.8 Å². The van der Waals surface area contributed by atoms with Crippen LogP contribution in [0.3, 0.4) is 0 Å². The summed E-state index contributed by atoms with van der Waals surface area (Å²) in [6, 6.07) is 9.28. The van der Waals surface area contributed by atoms with Gasteiger partial charge in [-0.15, -0.1) is 11.3 Å². The van der Waals surface area contributed by atoms with Crippen LogP contribution in [0.4, 0.5) is 0 Å². The Hall–Kier alpha value is -1.94. The van der Waals surface area contributed by atoms with Gasteiger partial charge in [0.2, 0.25) is 5.78 Å². The van der Waals surface area contributed by atoms with Crippen LogP contribution in [0.1, 0.15) is 62.2 Å². The molecule has 0 aliphatic heterocycles. The fourth-order valence-corrected chi connectivity index (χ4v) is 4.13. The molecule has 4 heteroatoms. The van der Waals surface area contributed by atoms with E-state index >= 15 is 0 Å². The van der Waals surface area contributed by atoms with Crippen LogP contribution in [0.2, 0.25) is 0 Å². The predicted octanol–water partition coefficient (Wildman–Crippen LogP) is 4.75. The number of carbonyl (C=O) groups excluding carboxylic acids is 2. The van der Waals surface area contributed by atoms with Crippen molar-refractivity contribution in [3.8, 4) is 0 Å². The van der Waals surface area contributed by atoms with Crippen molar-refractivity contribution in [2.75, 3.05) is 0 Å². The van der Waals surface area contributed by atoms with Crippen LogP contribution >= 0.6 is 11.3 Å². The van der Waals surface area contributed by atoms with E-state index in [9.17, 15) is 9.59 Å². The molecule has 0 saturated heterocycles. The highest BCUT2D eigenvalue weighted by molar-refractivity contribution is 7.14. The number of hydrogen-bond acceptors (Lipinski definition) is 4. The van der Waals surface area contributed by atoms with Gasteiger partial charge in [0, 0.05) is 10.4 Å². The zero-order valence-electron chi connectivity index (χ0n) is 14.1. The van der Waals surface area contributed by atoms with Crippen molar-refractivity contribution in [2.24, 2.45) is 0 Å². The summed E-state index contributed by atoms with van der Waals surface area (Å²) in [6.07, 6.45) is 4.93. The second kappa shape index (κ2) is 7.31. The SMILES string of the molecule is Cc1ccc(C(=O)[C@@H](C)OC(=O)c2cc3c(s2)CCCCC3)cc1. The predicted molar refractivity (Wildman–Crippen MR) is 96.0 cm³/mol. The van der Waals surface area contributed by atoms with Crippen LogP contribution in [0, 0.1) is 6.92 Å². The Morgan fingerprint density at radius 2 is 1.79 bits per heavy atom. The first-order chi connectivity index (χ1) is 11.5. The summed E-state index contributed by atoms with van der Waals surface area (Å²) < 4.78 is 5.41. The lowest BCUT2D eigenvalue weighted by molar-refractivity contribution is 0.0323. The summed E-state index contributed by atoms with van der Waals surface area (Å²) in [7, 11) is 0. The molecule has 0 bridgehead atoms. The first kappa shape index (κ1) is 16.9. The Labute approximate surface area is 146 Å². The Bertz CT molecular complexity index is 719. The second-order valence-corrected chi connectivity index (χ2v) is 7.53. The zero-order chi connectivity index (χ0) is 17.1. The van der Waals surface area contributed by atoms with Crippen LogP contribution < -0.4 is 0 Å². The summed E-state index contributed by atoms with van der Waals surface area (Å²) in [5.74, 6) is -0.553. The molecule has 2 aromatic rings. The van der Waals surface area contributed by atoms with Gasteiger partial charge in [-0.25, -0.2) is 4.79 Å². The molecule has 0 spiro atoms. The molecular weight excluding hydrogens is 320 g/mol. The molecule has 0 N–H and O–H groups in total. The van der Waals surface area contributed by atoms with Gasteiger partial charge in [-0.05, 0) is 51.2 Å². The van der Waals surface area contributed by atoms with E-state index in [0.29, 0.717) is 10.4 Å². The molecule has 1 aromatic carbocycles. The third kappa shape index (κ3) is 3.75. The Morgan fingerprint density at radius 3 is 2.54 bits per heavy atom. The Morgan fingerprint density at radius 1 is 1.08 bits per heavy atom. The van der Waals surface area contributed by atoms with Crippen LogP contribution in [-0.4, -0.2) is 17.9 Å². The normalized spacial score (nSPS) is 15.2. The lowest BCUT2D eigenvalue weighted by Gasteiger charge is -2.11. The lowest BCUT2D eigenvalue weighted by atomic mass is 10.1. The van der Waals surface area contributed by atoms with E-state index in [2.05, 4.69) is 0 Å². The molecule has 1 aliphatic rings. The molecule has 1 heterocycles. The average molecular weight is 342 g/mol. The van der Waals surface area contributed by atoms with Gasteiger partial charge in [0.05, 0.1) is 0 Å². The standard InChI is InChI=1S/C20H22O3S/c1-13-8-10-15(11-9-13)19(21)14(2)23-20(22)18-12-16-6-4-3-5-7-17(16)24-18/h8-12,14H,3-7H2,1-2H3/t14-/m1/s1. The van der Waals surface area contributed by atoms with Gasteiger partial charge in [-0.2, -0.15) is 0 Å². The van der Waals surface area contributed by atoms with E-state index in [0.717, 1.165) is 18.4 Å². The number of carbonyl (C=O) groups is 2. The van der Waals surface area contributed by atoms with Gasteiger partial charge in [0.15, 0.2) is 6.10 Å². The lowest BCUT2D eigenvalue weighted by Crippen LogP contribution is -2.24. The van der Waals surface area contributed by atoms with Crippen LogP contribution in [0.5, 0.6) is 0 Å². The third-order valence-electron chi connectivity index (χ3n) is 4.44. The van der Waals surface area contributed by atoms with E-state index < -0.39 is 6.10 Å². The Balaban J connectivity index is 1.67. The molecule has 3 nitrogen and oxygen atoms in total. The Kier molecular flexibility index (Phi) is 5.14. The van der Waals surface area contributed by atoms with Crippen molar-refractivity contribution in [1.82, 2.24) is 0 Å². The van der Waals surface area contributed by atoms with Gasteiger partial charge in [-0.1, -0.05) is 36.2 Å². The summed E-state index contributed by atoms with van der Waals surface area (Å²) in [5, 5.41) is 0. The monoisotopic (exact) mass is 342 g/mol. The van der Waals surface area contributed by atoms with Gasteiger partial charge >= 0.3 is 5.97 Å². The summed E-state index contributed by atoms with van der Waals surface area (Å²) in [5.41, 5.74) is 2.95. The van der Waals surface area contributed by atoms with Crippen LogP contribution in [-0.2, 0) is 17.6 Å². The molecule has 1 aliphatic carbocycles. The minimum absolute atomic E-state index is 0.165. The molecule has 0 radical (unpaired) electrons. The quantitative estimate of drug-likeness (QED) is 0.457. The smallest absolute Gasteiger partial charge is 0.349 e. The third-order valence-corrected chi connectivity index (χ3v) is 5.65. The molecule has 0 amide bonds. The first-order valence-electron chi connectivity index (χ1n) is 8.48. The molecule has 3 rings (SSSR count). The number of Topliss-reactive ketones (excluding diaryl/α,β-unsaturated/α-hetero) is 1. The fourth-order valence-electron chi connectivity index (χ4n) is 2.99. The van der Waals surface area contributed by atoms with E-state index in [1.807, 2.05) is 25.1 Å². The van der Waals surface area contributed by atoms with Crippen molar-refractivity contribution in [2.45, 2.75) is 52.1 Å². The van der Waals surface area contributed by atoms with Gasteiger partial charge in [0.25, 0.3) is 0 Å². The molecule has 126 valence electrons.